The minimum atomic E-state index is -0.156. The normalized spacial score (nSPS) is 23.1. The van der Waals surface area contributed by atoms with E-state index < -0.39 is 0 Å². The van der Waals surface area contributed by atoms with E-state index in [0.29, 0.717) is 25.2 Å². The highest BCUT2D eigenvalue weighted by Crippen LogP contribution is 2.41. The fourth-order valence-electron chi connectivity index (χ4n) is 4.99. The van der Waals surface area contributed by atoms with Crippen molar-refractivity contribution in [3.05, 3.63) is 64.7 Å². The second-order valence-corrected chi connectivity index (χ2v) is 8.92. The van der Waals surface area contributed by atoms with Gasteiger partial charge in [-0.15, -0.1) is 12.4 Å². The predicted octanol–water partition coefficient (Wildman–Crippen LogP) is 4.20. The van der Waals surface area contributed by atoms with E-state index in [0.717, 1.165) is 36.4 Å². The number of carbonyl (C=O) groups excluding carboxylic acids is 2. The lowest BCUT2D eigenvalue weighted by molar-refractivity contribution is 0.0963. The zero-order valence-electron chi connectivity index (χ0n) is 18.2. The number of hydrogen-bond donors (Lipinski definition) is 2. The van der Waals surface area contributed by atoms with Crippen LogP contribution in [0.4, 0.5) is 10.5 Å². The summed E-state index contributed by atoms with van der Waals surface area (Å²) in [5.41, 5.74) is 8.67. The van der Waals surface area contributed by atoms with E-state index in [2.05, 4.69) is 11.4 Å². The number of carbonyl (C=O) groups is 2. The fourth-order valence-corrected chi connectivity index (χ4v) is 5.18. The van der Waals surface area contributed by atoms with E-state index in [9.17, 15) is 9.59 Å². The molecule has 3 amide bonds. The van der Waals surface area contributed by atoms with Crippen LogP contribution in [0.25, 0.3) is 0 Å². The zero-order valence-corrected chi connectivity index (χ0v) is 19.8. The molecular weight excluding hydrogens is 447 g/mol. The quantitative estimate of drug-likeness (QED) is 0.678. The maximum Gasteiger partial charge on any atom is 0.324 e. The van der Waals surface area contributed by atoms with Gasteiger partial charge in [-0.05, 0) is 61.6 Å². The predicted molar refractivity (Wildman–Crippen MR) is 131 cm³/mol. The Morgan fingerprint density at radius 2 is 1.88 bits per heavy atom. The second kappa shape index (κ2) is 10.1. The summed E-state index contributed by atoms with van der Waals surface area (Å²) in [6.45, 7) is 1.90. The van der Waals surface area contributed by atoms with Crippen molar-refractivity contribution in [2.75, 3.05) is 31.6 Å². The minimum Gasteiger partial charge on any atom is -0.355 e. The molecule has 2 aromatic rings. The molecule has 6 nitrogen and oxygen atoms in total. The van der Waals surface area contributed by atoms with Gasteiger partial charge in [0.25, 0.3) is 5.91 Å². The van der Waals surface area contributed by atoms with Gasteiger partial charge in [-0.3, -0.25) is 9.69 Å². The first-order chi connectivity index (χ1) is 15.0. The molecule has 1 heterocycles. The molecule has 4 rings (SSSR count). The van der Waals surface area contributed by atoms with E-state index in [1.54, 1.807) is 24.1 Å². The molecule has 1 aliphatic carbocycles. The van der Waals surface area contributed by atoms with Crippen molar-refractivity contribution in [2.45, 2.75) is 37.1 Å². The number of halogens is 2. The van der Waals surface area contributed by atoms with Gasteiger partial charge in [-0.25, -0.2) is 4.79 Å². The summed E-state index contributed by atoms with van der Waals surface area (Å²) in [4.78, 5) is 28.9. The van der Waals surface area contributed by atoms with Gasteiger partial charge in [0.15, 0.2) is 0 Å². The van der Waals surface area contributed by atoms with Crippen molar-refractivity contribution in [2.24, 2.45) is 5.73 Å². The molecular formula is C24H30Cl2N4O2. The molecule has 2 fully saturated rings. The Labute approximate surface area is 200 Å². The van der Waals surface area contributed by atoms with Crippen molar-refractivity contribution in [3.8, 4) is 0 Å². The Hall–Kier alpha value is -2.28. The maximum absolute atomic E-state index is 13.2. The fraction of sp³-hybridized carbons (Fsp3) is 0.417. The molecule has 2 aliphatic rings. The average Bonchev–Trinajstić information content (AvgIpc) is 3.20. The lowest BCUT2D eigenvalue weighted by Gasteiger charge is -2.42. The molecule has 1 saturated heterocycles. The molecule has 172 valence electrons. The van der Waals surface area contributed by atoms with Crippen molar-refractivity contribution in [3.63, 3.8) is 0 Å². The Balaban J connectivity index is 0.00000289. The van der Waals surface area contributed by atoms with Crippen LogP contribution in [0, 0.1) is 0 Å². The third kappa shape index (κ3) is 4.58. The van der Waals surface area contributed by atoms with Crippen molar-refractivity contribution in [1.82, 2.24) is 10.2 Å². The summed E-state index contributed by atoms with van der Waals surface area (Å²) in [7, 11) is 1.60. The molecule has 8 heteroatoms. The van der Waals surface area contributed by atoms with Gasteiger partial charge >= 0.3 is 6.03 Å². The second-order valence-electron chi connectivity index (χ2n) is 8.48. The molecule has 1 aliphatic heterocycles. The Kier molecular flexibility index (Phi) is 7.70. The van der Waals surface area contributed by atoms with E-state index >= 15 is 0 Å². The Morgan fingerprint density at radius 1 is 1.16 bits per heavy atom. The first-order valence-electron chi connectivity index (χ1n) is 10.8. The van der Waals surface area contributed by atoms with Crippen LogP contribution < -0.4 is 16.0 Å². The van der Waals surface area contributed by atoms with Crippen LogP contribution in [0.5, 0.6) is 0 Å². The highest BCUT2D eigenvalue weighted by molar-refractivity contribution is 6.30. The summed E-state index contributed by atoms with van der Waals surface area (Å²) >= 11 is 6.22. The van der Waals surface area contributed by atoms with Gasteiger partial charge in [0, 0.05) is 54.4 Å². The van der Waals surface area contributed by atoms with Crippen LogP contribution >= 0.6 is 24.0 Å². The molecule has 0 radical (unpaired) electrons. The molecule has 3 N–H and O–H groups in total. The van der Waals surface area contributed by atoms with E-state index in [1.165, 1.54) is 5.56 Å². The SMILES string of the molecule is CNC(=O)c1cccc(N2CCN([C@H]3CC[C@@](CN)(c4cccc(Cl)c4)CC3)C2=O)c1.Cl. The number of benzene rings is 2. The Bertz CT molecular complexity index is 976. The summed E-state index contributed by atoms with van der Waals surface area (Å²) < 4.78 is 0. The number of nitrogens with one attached hydrogen (secondary N) is 1. The molecule has 0 bridgehead atoms. The number of hydrogen-bond acceptors (Lipinski definition) is 3. The summed E-state index contributed by atoms with van der Waals surface area (Å²) in [5, 5.41) is 3.36. The third-order valence-electron chi connectivity index (χ3n) is 6.87. The van der Waals surface area contributed by atoms with E-state index in [1.807, 2.05) is 35.2 Å². The van der Waals surface area contributed by atoms with Gasteiger partial charge in [0.1, 0.15) is 0 Å². The molecule has 0 aromatic heterocycles. The molecule has 0 atom stereocenters. The summed E-state index contributed by atoms with van der Waals surface area (Å²) in [5.74, 6) is -0.156. The molecule has 1 saturated carbocycles. The number of rotatable bonds is 5. The standard InChI is InChI=1S/C24H29ClN4O2.ClH/c1-27-22(30)17-4-2-7-21(14-17)29-13-12-28(23(29)31)20-8-10-24(16-26,11-9-20)18-5-3-6-19(25)15-18;/h2-7,14-15,20H,8-13,16,26H2,1H3,(H,27,30);1H/t20-,24+;. The van der Waals surface area contributed by atoms with Gasteiger partial charge in [-0.2, -0.15) is 0 Å². The van der Waals surface area contributed by atoms with E-state index in [-0.39, 0.29) is 35.8 Å². The van der Waals surface area contributed by atoms with Crippen LogP contribution in [-0.4, -0.2) is 49.6 Å². The highest BCUT2D eigenvalue weighted by atomic mass is 35.5. The lowest BCUT2D eigenvalue weighted by Crippen LogP contribution is -2.46. The summed E-state index contributed by atoms with van der Waals surface area (Å²) in [6, 6.07) is 15.5. The van der Waals surface area contributed by atoms with Crippen molar-refractivity contribution < 1.29 is 9.59 Å². The van der Waals surface area contributed by atoms with Gasteiger partial charge < -0.3 is 16.0 Å². The van der Waals surface area contributed by atoms with Gasteiger partial charge in [0.2, 0.25) is 0 Å². The number of anilines is 1. The highest BCUT2D eigenvalue weighted by Gasteiger charge is 2.41. The number of nitrogens with two attached hydrogens (primary N) is 1. The minimum absolute atomic E-state index is 0. The first kappa shape index (κ1) is 24.4. The zero-order chi connectivity index (χ0) is 22.0. The largest absolute Gasteiger partial charge is 0.355 e. The summed E-state index contributed by atoms with van der Waals surface area (Å²) in [6.07, 6.45) is 3.71. The number of amides is 3. The topological polar surface area (TPSA) is 78.7 Å². The maximum atomic E-state index is 13.2. The van der Waals surface area contributed by atoms with Crippen molar-refractivity contribution >= 4 is 41.6 Å². The van der Waals surface area contributed by atoms with Crippen LogP contribution in [0.15, 0.2) is 48.5 Å². The monoisotopic (exact) mass is 476 g/mol. The van der Waals surface area contributed by atoms with Gasteiger partial charge in [-0.1, -0.05) is 29.8 Å². The van der Waals surface area contributed by atoms with Crippen LogP contribution in [0.1, 0.15) is 41.6 Å². The first-order valence-corrected chi connectivity index (χ1v) is 11.2. The van der Waals surface area contributed by atoms with Crippen LogP contribution in [0.3, 0.4) is 0 Å². The smallest absolute Gasteiger partial charge is 0.324 e. The number of nitrogens with zero attached hydrogens (tertiary/aromatic N) is 2. The van der Waals surface area contributed by atoms with Gasteiger partial charge in [0.05, 0.1) is 0 Å². The lowest BCUT2D eigenvalue weighted by atomic mass is 9.68. The molecule has 2 aromatic carbocycles. The molecule has 0 spiro atoms. The van der Waals surface area contributed by atoms with E-state index in [4.69, 9.17) is 17.3 Å². The Morgan fingerprint density at radius 3 is 2.53 bits per heavy atom. The van der Waals surface area contributed by atoms with Crippen LogP contribution in [-0.2, 0) is 5.41 Å². The number of urea groups is 1. The average molecular weight is 477 g/mol. The molecule has 32 heavy (non-hydrogen) atoms. The van der Waals surface area contributed by atoms with Crippen molar-refractivity contribution in [1.29, 1.82) is 0 Å². The molecule has 0 unspecified atom stereocenters. The third-order valence-corrected chi connectivity index (χ3v) is 7.10. The van der Waals surface area contributed by atoms with Crippen LogP contribution in [0.2, 0.25) is 5.02 Å².